The SMILES string of the molecule is C=C(CC(=O)OCCC)C(=O)OCC(=O)OCCC. The molecule has 0 atom stereocenters. The van der Waals surface area contributed by atoms with Crippen molar-refractivity contribution in [3.63, 3.8) is 0 Å². The van der Waals surface area contributed by atoms with Crippen LogP contribution < -0.4 is 0 Å². The molecule has 0 aliphatic heterocycles. The summed E-state index contributed by atoms with van der Waals surface area (Å²) in [5.74, 6) is -1.98. The van der Waals surface area contributed by atoms with Crippen molar-refractivity contribution in [3.05, 3.63) is 12.2 Å². The van der Waals surface area contributed by atoms with Gasteiger partial charge in [0.15, 0.2) is 6.61 Å². The van der Waals surface area contributed by atoms with Crippen molar-refractivity contribution in [2.45, 2.75) is 33.1 Å². The second-order valence-corrected chi connectivity index (χ2v) is 3.80. The van der Waals surface area contributed by atoms with Gasteiger partial charge in [-0.15, -0.1) is 0 Å². The lowest BCUT2D eigenvalue weighted by atomic mass is 10.2. The molecule has 0 heterocycles. The minimum atomic E-state index is -0.804. The maximum Gasteiger partial charge on any atom is 0.344 e. The van der Waals surface area contributed by atoms with E-state index in [1.807, 2.05) is 13.8 Å². The lowest BCUT2D eigenvalue weighted by Crippen LogP contribution is -2.19. The van der Waals surface area contributed by atoms with E-state index in [9.17, 15) is 14.4 Å². The van der Waals surface area contributed by atoms with Gasteiger partial charge in [-0.2, -0.15) is 0 Å². The Morgan fingerprint density at radius 3 is 1.95 bits per heavy atom. The molecule has 0 radical (unpaired) electrons. The van der Waals surface area contributed by atoms with Gasteiger partial charge in [0.1, 0.15) is 0 Å². The summed E-state index contributed by atoms with van der Waals surface area (Å²) in [5.41, 5.74) is -0.0515. The molecule has 6 nitrogen and oxygen atoms in total. The molecule has 0 N–H and O–H groups in total. The normalized spacial score (nSPS) is 9.58. The first kappa shape index (κ1) is 17.2. The lowest BCUT2D eigenvalue weighted by Gasteiger charge is -2.07. The van der Waals surface area contributed by atoms with Crippen molar-refractivity contribution in [1.82, 2.24) is 0 Å². The average Bonchev–Trinajstić information content (AvgIpc) is 2.39. The van der Waals surface area contributed by atoms with Crippen LogP contribution in [-0.2, 0) is 28.6 Å². The molecule has 108 valence electrons. The van der Waals surface area contributed by atoms with Crippen LogP contribution in [0.4, 0.5) is 0 Å². The zero-order chi connectivity index (χ0) is 14.7. The van der Waals surface area contributed by atoms with Gasteiger partial charge >= 0.3 is 17.9 Å². The second kappa shape index (κ2) is 10.1. The Labute approximate surface area is 112 Å². The predicted octanol–water partition coefficient (Wildman–Crippen LogP) is 1.38. The van der Waals surface area contributed by atoms with E-state index >= 15 is 0 Å². The van der Waals surface area contributed by atoms with E-state index in [2.05, 4.69) is 11.3 Å². The van der Waals surface area contributed by atoms with Gasteiger partial charge in [-0.3, -0.25) is 4.79 Å². The van der Waals surface area contributed by atoms with Crippen LogP contribution >= 0.6 is 0 Å². The fourth-order valence-electron chi connectivity index (χ4n) is 0.997. The summed E-state index contributed by atoms with van der Waals surface area (Å²) in [6.07, 6.45) is 1.14. The lowest BCUT2D eigenvalue weighted by molar-refractivity contribution is -0.157. The van der Waals surface area contributed by atoms with Crippen LogP contribution in [0.25, 0.3) is 0 Å². The summed E-state index contributed by atoms with van der Waals surface area (Å²) >= 11 is 0. The fraction of sp³-hybridized carbons (Fsp3) is 0.615. The van der Waals surface area contributed by atoms with Crippen LogP contribution in [0.1, 0.15) is 33.1 Å². The first-order chi connectivity index (χ1) is 9.01. The maximum absolute atomic E-state index is 11.4. The summed E-state index contributed by atoms with van der Waals surface area (Å²) in [4.78, 5) is 33.7. The molecule has 19 heavy (non-hydrogen) atoms. The van der Waals surface area contributed by atoms with Gasteiger partial charge in [0.05, 0.1) is 19.6 Å². The molecule has 0 unspecified atom stereocenters. The van der Waals surface area contributed by atoms with Crippen molar-refractivity contribution >= 4 is 17.9 Å². The molecule has 6 heteroatoms. The summed E-state index contributed by atoms with van der Waals surface area (Å²) in [7, 11) is 0. The zero-order valence-electron chi connectivity index (χ0n) is 11.4. The Morgan fingerprint density at radius 2 is 1.42 bits per heavy atom. The molecule has 0 spiro atoms. The van der Waals surface area contributed by atoms with Crippen LogP contribution in [0, 0.1) is 0 Å². The number of hydrogen-bond acceptors (Lipinski definition) is 6. The molecule has 0 aliphatic carbocycles. The van der Waals surface area contributed by atoms with Crippen molar-refractivity contribution in [3.8, 4) is 0 Å². The molecule has 0 rings (SSSR count). The first-order valence-corrected chi connectivity index (χ1v) is 6.17. The molecule has 0 saturated carbocycles. The number of carbonyl (C=O) groups excluding carboxylic acids is 3. The van der Waals surface area contributed by atoms with Crippen LogP contribution in [0.15, 0.2) is 12.2 Å². The molecule has 0 aromatic carbocycles. The minimum absolute atomic E-state index is 0.0515. The van der Waals surface area contributed by atoms with Gasteiger partial charge in [0.25, 0.3) is 0 Å². The standard InChI is InChI=1S/C13H20O6/c1-4-6-17-11(14)8-10(3)13(16)19-9-12(15)18-7-5-2/h3-9H2,1-2H3. The van der Waals surface area contributed by atoms with E-state index in [1.165, 1.54) is 0 Å². The van der Waals surface area contributed by atoms with E-state index in [1.54, 1.807) is 0 Å². The quantitative estimate of drug-likeness (QED) is 0.358. The van der Waals surface area contributed by atoms with E-state index in [0.717, 1.165) is 0 Å². The topological polar surface area (TPSA) is 78.9 Å². The monoisotopic (exact) mass is 272 g/mol. The summed E-state index contributed by atoms with van der Waals surface area (Å²) in [6, 6.07) is 0. The summed E-state index contributed by atoms with van der Waals surface area (Å²) < 4.78 is 14.2. The molecule has 0 aromatic rings. The average molecular weight is 272 g/mol. The van der Waals surface area contributed by atoms with Gasteiger partial charge in [0.2, 0.25) is 0 Å². The highest BCUT2D eigenvalue weighted by Crippen LogP contribution is 2.03. The molecule has 0 amide bonds. The Bertz CT molecular complexity index is 334. The van der Waals surface area contributed by atoms with Crippen molar-refractivity contribution < 1.29 is 28.6 Å². The van der Waals surface area contributed by atoms with E-state index in [0.29, 0.717) is 19.4 Å². The zero-order valence-corrected chi connectivity index (χ0v) is 11.4. The Hall–Kier alpha value is -1.85. The highest BCUT2D eigenvalue weighted by Gasteiger charge is 2.15. The largest absolute Gasteiger partial charge is 0.465 e. The third kappa shape index (κ3) is 8.82. The Kier molecular flexibility index (Phi) is 9.12. The predicted molar refractivity (Wildman–Crippen MR) is 67.2 cm³/mol. The van der Waals surface area contributed by atoms with Crippen LogP contribution in [0.5, 0.6) is 0 Å². The van der Waals surface area contributed by atoms with Crippen LogP contribution in [0.2, 0.25) is 0 Å². The van der Waals surface area contributed by atoms with Crippen LogP contribution in [0.3, 0.4) is 0 Å². The van der Waals surface area contributed by atoms with Crippen molar-refractivity contribution in [1.29, 1.82) is 0 Å². The van der Waals surface area contributed by atoms with Gasteiger partial charge in [-0.05, 0) is 12.8 Å². The number of rotatable bonds is 9. The number of hydrogen-bond donors (Lipinski definition) is 0. The van der Waals surface area contributed by atoms with E-state index < -0.39 is 24.5 Å². The Morgan fingerprint density at radius 1 is 0.895 bits per heavy atom. The second-order valence-electron chi connectivity index (χ2n) is 3.80. The smallest absolute Gasteiger partial charge is 0.344 e. The maximum atomic E-state index is 11.4. The van der Waals surface area contributed by atoms with Crippen LogP contribution in [-0.4, -0.2) is 37.7 Å². The minimum Gasteiger partial charge on any atom is -0.465 e. The van der Waals surface area contributed by atoms with Gasteiger partial charge in [-0.1, -0.05) is 20.4 Å². The summed E-state index contributed by atoms with van der Waals surface area (Å²) in [6.45, 7) is 7.22. The van der Waals surface area contributed by atoms with E-state index in [-0.39, 0.29) is 18.6 Å². The third-order valence-corrected chi connectivity index (χ3v) is 1.90. The highest BCUT2D eigenvalue weighted by atomic mass is 16.6. The van der Waals surface area contributed by atoms with Gasteiger partial charge in [0, 0.05) is 5.57 Å². The molecular weight excluding hydrogens is 252 g/mol. The molecule has 0 bridgehead atoms. The first-order valence-electron chi connectivity index (χ1n) is 6.17. The number of carbonyl (C=O) groups is 3. The number of esters is 3. The van der Waals surface area contributed by atoms with E-state index in [4.69, 9.17) is 9.47 Å². The molecule has 0 aliphatic rings. The third-order valence-electron chi connectivity index (χ3n) is 1.90. The van der Waals surface area contributed by atoms with Gasteiger partial charge in [-0.25, -0.2) is 9.59 Å². The Balaban J connectivity index is 3.90. The molecular formula is C13H20O6. The number of ether oxygens (including phenoxy) is 3. The highest BCUT2D eigenvalue weighted by molar-refractivity contribution is 5.94. The van der Waals surface area contributed by atoms with Crippen molar-refractivity contribution in [2.24, 2.45) is 0 Å². The summed E-state index contributed by atoms with van der Waals surface area (Å²) in [5, 5.41) is 0. The molecule has 0 aromatic heterocycles. The molecule has 0 saturated heterocycles. The van der Waals surface area contributed by atoms with Gasteiger partial charge < -0.3 is 14.2 Å². The van der Waals surface area contributed by atoms with Crippen molar-refractivity contribution in [2.75, 3.05) is 19.8 Å². The molecule has 0 fully saturated rings. The fourth-order valence-corrected chi connectivity index (χ4v) is 0.997.